The van der Waals surface area contributed by atoms with Crippen molar-refractivity contribution in [3.8, 4) is 0 Å². The Balaban J connectivity index is 0. The van der Waals surface area contributed by atoms with Gasteiger partial charge in [-0.1, -0.05) is 82.7 Å². The van der Waals surface area contributed by atoms with Gasteiger partial charge in [-0.25, -0.2) is 0 Å². The summed E-state index contributed by atoms with van der Waals surface area (Å²) in [5.41, 5.74) is 2.56. The summed E-state index contributed by atoms with van der Waals surface area (Å²) in [6.45, 7) is 17.4. The van der Waals surface area contributed by atoms with E-state index in [1.807, 2.05) is 20.8 Å². The summed E-state index contributed by atoms with van der Waals surface area (Å²) in [6, 6.07) is 0. The van der Waals surface area contributed by atoms with E-state index in [0.717, 1.165) is 11.5 Å². The molecule has 0 saturated carbocycles. The summed E-state index contributed by atoms with van der Waals surface area (Å²) in [5, 5.41) is 0. The second-order valence-electron chi connectivity index (χ2n) is 4.34. The van der Waals surface area contributed by atoms with Crippen LogP contribution in [0, 0.1) is 5.92 Å². The lowest BCUT2D eigenvalue weighted by Crippen LogP contribution is -1.97. The Morgan fingerprint density at radius 2 is 1.94 bits per heavy atom. The molecule has 0 spiro atoms. The molecule has 0 saturated heterocycles. The molecule has 104 valence electrons. The third-order valence-electron chi connectivity index (χ3n) is 2.68. The van der Waals surface area contributed by atoms with E-state index in [9.17, 15) is 0 Å². The highest BCUT2D eigenvalue weighted by atomic mass is 14.1. The average molecular weight is 248 g/mol. The molecule has 0 heteroatoms. The van der Waals surface area contributed by atoms with Crippen LogP contribution in [-0.2, 0) is 0 Å². The zero-order valence-electron chi connectivity index (χ0n) is 13.1. The number of allylic oxidation sites excluding steroid dienone is 6. The van der Waals surface area contributed by atoms with Gasteiger partial charge in [0.25, 0.3) is 0 Å². The van der Waals surface area contributed by atoms with E-state index in [1.165, 1.54) is 31.3 Å². The minimum atomic E-state index is 0.815. The maximum absolute atomic E-state index is 3.56. The summed E-state index contributed by atoms with van der Waals surface area (Å²) < 4.78 is 0. The molecule has 0 bridgehead atoms. The summed E-state index contributed by atoms with van der Waals surface area (Å²) in [6.07, 6.45) is 13.9. The van der Waals surface area contributed by atoms with Crippen LogP contribution in [0.1, 0.15) is 60.3 Å². The monoisotopic (exact) mass is 248 g/mol. The van der Waals surface area contributed by atoms with Gasteiger partial charge in [0.1, 0.15) is 0 Å². The van der Waals surface area contributed by atoms with Crippen LogP contribution in [-0.4, -0.2) is 0 Å². The molecular formula is C18H32. The van der Waals surface area contributed by atoms with Gasteiger partial charge in [-0.3, -0.25) is 0 Å². The molecule has 0 radical (unpaired) electrons. The van der Waals surface area contributed by atoms with E-state index >= 15 is 0 Å². The van der Waals surface area contributed by atoms with Gasteiger partial charge in [-0.05, 0) is 32.1 Å². The summed E-state index contributed by atoms with van der Waals surface area (Å²) in [5.74, 6) is 0.815. The van der Waals surface area contributed by atoms with E-state index in [0.29, 0.717) is 0 Å². The van der Waals surface area contributed by atoms with Crippen molar-refractivity contribution in [3.05, 3.63) is 48.6 Å². The van der Waals surface area contributed by atoms with Crippen LogP contribution in [0.25, 0.3) is 0 Å². The van der Waals surface area contributed by atoms with E-state index in [1.54, 1.807) is 6.08 Å². The Morgan fingerprint density at radius 1 is 1.39 bits per heavy atom. The van der Waals surface area contributed by atoms with Crippen molar-refractivity contribution in [1.82, 2.24) is 0 Å². The zero-order valence-corrected chi connectivity index (χ0v) is 13.1. The molecule has 1 atom stereocenters. The van der Waals surface area contributed by atoms with Crippen LogP contribution < -0.4 is 0 Å². The second-order valence-corrected chi connectivity index (χ2v) is 4.34. The van der Waals surface area contributed by atoms with Gasteiger partial charge in [0.2, 0.25) is 0 Å². The second kappa shape index (κ2) is 14.0. The van der Waals surface area contributed by atoms with E-state index in [-0.39, 0.29) is 0 Å². The van der Waals surface area contributed by atoms with Crippen molar-refractivity contribution >= 4 is 0 Å². The Bertz CT molecular complexity index is 266. The lowest BCUT2D eigenvalue weighted by atomic mass is 9.93. The molecule has 0 fully saturated rings. The molecular weight excluding hydrogens is 216 g/mol. The molecule has 0 aromatic heterocycles. The zero-order chi connectivity index (χ0) is 14.4. The first-order valence-electron chi connectivity index (χ1n) is 7.29. The number of rotatable bonds is 4. The molecule has 1 aliphatic carbocycles. The predicted octanol–water partition coefficient (Wildman–Crippen LogP) is 6.47. The molecule has 0 N–H and O–H groups in total. The van der Waals surface area contributed by atoms with Gasteiger partial charge in [0.15, 0.2) is 0 Å². The molecule has 0 heterocycles. The van der Waals surface area contributed by atoms with E-state index in [4.69, 9.17) is 0 Å². The molecule has 0 aromatic rings. The maximum Gasteiger partial charge on any atom is -0.0198 e. The van der Waals surface area contributed by atoms with Crippen molar-refractivity contribution in [2.45, 2.75) is 60.3 Å². The average Bonchev–Trinajstić information content (AvgIpc) is 2.43. The fraction of sp³-hybridized carbons (Fsp3) is 0.556. The van der Waals surface area contributed by atoms with Crippen molar-refractivity contribution in [2.24, 2.45) is 5.92 Å². The highest BCUT2D eigenvalue weighted by molar-refractivity contribution is 5.23. The first-order valence-corrected chi connectivity index (χ1v) is 7.29. The summed E-state index contributed by atoms with van der Waals surface area (Å²) in [4.78, 5) is 0. The van der Waals surface area contributed by atoms with Crippen LogP contribution in [0.4, 0.5) is 0 Å². The lowest BCUT2D eigenvalue weighted by molar-refractivity contribution is 0.626. The first-order chi connectivity index (χ1) is 8.63. The van der Waals surface area contributed by atoms with Crippen LogP contribution in [0.2, 0.25) is 0 Å². The van der Waals surface area contributed by atoms with Gasteiger partial charge in [-0.15, -0.1) is 0 Å². The molecule has 0 aromatic carbocycles. The Kier molecular flexibility index (Phi) is 15.0. The normalized spacial score (nSPS) is 16.5. The molecule has 1 aliphatic rings. The molecule has 1 rings (SSSR count). The smallest absolute Gasteiger partial charge is 0.0198 e. The SMILES string of the molecule is C=CC(=C)C.CC.CCCC1=CCC(CC)C=C1. The summed E-state index contributed by atoms with van der Waals surface area (Å²) >= 11 is 0. The Labute approximate surface area is 115 Å². The lowest BCUT2D eigenvalue weighted by Gasteiger charge is -2.13. The van der Waals surface area contributed by atoms with Gasteiger partial charge in [-0.2, -0.15) is 0 Å². The minimum Gasteiger partial charge on any atom is -0.0988 e. The van der Waals surface area contributed by atoms with Crippen LogP contribution in [0.5, 0.6) is 0 Å². The molecule has 18 heavy (non-hydrogen) atoms. The fourth-order valence-corrected chi connectivity index (χ4v) is 1.49. The van der Waals surface area contributed by atoms with E-state index in [2.05, 4.69) is 45.2 Å². The van der Waals surface area contributed by atoms with Crippen molar-refractivity contribution in [2.75, 3.05) is 0 Å². The van der Waals surface area contributed by atoms with Gasteiger partial charge in [0.05, 0.1) is 0 Å². The molecule has 0 aliphatic heterocycles. The highest BCUT2D eigenvalue weighted by Crippen LogP contribution is 2.21. The van der Waals surface area contributed by atoms with Crippen molar-refractivity contribution in [3.63, 3.8) is 0 Å². The number of hydrogen-bond donors (Lipinski definition) is 0. The number of hydrogen-bond acceptors (Lipinski definition) is 0. The third kappa shape index (κ3) is 11.4. The van der Waals surface area contributed by atoms with Gasteiger partial charge in [0, 0.05) is 0 Å². The largest absolute Gasteiger partial charge is 0.0988 e. The van der Waals surface area contributed by atoms with Gasteiger partial charge < -0.3 is 0 Å². The van der Waals surface area contributed by atoms with Crippen LogP contribution >= 0.6 is 0 Å². The standard InChI is InChI=1S/C11H18.C5H8.C2H6/c1-3-5-11-8-6-10(4-2)7-9-11;1-4-5(2)3;1-2/h6,8-10H,3-5,7H2,1-2H3;4H,1-2H2,3H3;1-2H3. The molecule has 0 nitrogen and oxygen atoms in total. The molecule has 0 amide bonds. The maximum atomic E-state index is 3.56. The highest BCUT2D eigenvalue weighted by Gasteiger charge is 2.04. The Morgan fingerprint density at radius 3 is 2.22 bits per heavy atom. The molecule has 1 unspecified atom stereocenters. The minimum absolute atomic E-state index is 0.815. The quantitative estimate of drug-likeness (QED) is 0.500. The first kappa shape index (κ1) is 19.3. The summed E-state index contributed by atoms with van der Waals surface area (Å²) in [7, 11) is 0. The van der Waals surface area contributed by atoms with Crippen molar-refractivity contribution < 1.29 is 0 Å². The van der Waals surface area contributed by atoms with E-state index < -0.39 is 0 Å². The predicted molar refractivity (Wildman–Crippen MR) is 86.9 cm³/mol. The Hall–Kier alpha value is -1.04. The van der Waals surface area contributed by atoms with Gasteiger partial charge >= 0.3 is 0 Å². The van der Waals surface area contributed by atoms with Crippen LogP contribution in [0.3, 0.4) is 0 Å². The van der Waals surface area contributed by atoms with Crippen molar-refractivity contribution in [1.29, 1.82) is 0 Å². The van der Waals surface area contributed by atoms with Crippen LogP contribution in [0.15, 0.2) is 48.6 Å². The fourth-order valence-electron chi connectivity index (χ4n) is 1.49. The topological polar surface area (TPSA) is 0 Å². The third-order valence-corrected chi connectivity index (χ3v) is 2.68.